The Hall–Kier alpha value is 0.354. The highest BCUT2D eigenvalue weighted by molar-refractivity contribution is 6.70. The van der Waals surface area contributed by atoms with Gasteiger partial charge in [-0.05, 0) is 52.1 Å². The lowest BCUT2D eigenvalue weighted by atomic mass is 10.0. The van der Waals surface area contributed by atoms with Gasteiger partial charge in [0, 0.05) is 13.2 Å². The second-order valence-corrected chi connectivity index (χ2v) is 21.0. The maximum absolute atomic E-state index is 5.92. The molecule has 0 N–H and O–H groups in total. The lowest BCUT2D eigenvalue weighted by Crippen LogP contribution is -2.25. The third-order valence-electron chi connectivity index (χ3n) is 6.11. The minimum Gasteiger partial charge on any atom is -0.418 e. The number of rotatable bonds is 25. The van der Waals surface area contributed by atoms with E-state index in [-0.39, 0.29) is 0 Å². The monoisotopic (exact) mass is 486 g/mol. The first-order valence-corrected chi connectivity index (χ1v) is 21.3. The molecule has 0 aliphatic heterocycles. The Kier molecular flexibility index (Phi) is 22.1. The molecular weight excluding hydrogens is 424 g/mol. The molecule has 4 heteroatoms. The zero-order valence-electron chi connectivity index (χ0n) is 23.4. The predicted octanol–water partition coefficient (Wildman–Crippen LogP) is 10.5. The number of hydrogen-bond donors (Lipinski definition) is 0. The molecule has 0 heterocycles. The molecule has 0 saturated carbocycles. The zero-order valence-corrected chi connectivity index (χ0v) is 25.4. The van der Waals surface area contributed by atoms with Crippen LogP contribution in [0.1, 0.15) is 128 Å². The molecule has 0 aromatic carbocycles. The van der Waals surface area contributed by atoms with Crippen LogP contribution >= 0.6 is 0 Å². The number of hydrogen-bond acceptors (Lipinski definition) is 2. The van der Waals surface area contributed by atoms with Gasteiger partial charge in [0.05, 0.1) is 0 Å². The topological polar surface area (TPSA) is 18.5 Å². The van der Waals surface area contributed by atoms with Gasteiger partial charge < -0.3 is 8.85 Å². The molecule has 0 bridgehead atoms. The largest absolute Gasteiger partial charge is 0.418 e. The summed E-state index contributed by atoms with van der Waals surface area (Å²) in [4.78, 5) is 0. The van der Waals surface area contributed by atoms with Crippen molar-refractivity contribution in [2.75, 3.05) is 13.2 Å². The third-order valence-corrected chi connectivity index (χ3v) is 8.25. The smallest absolute Gasteiger partial charge is 0.183 e. The molecule has 0 spiro atoms. The minimum absolute atomic E-state index is 0.991. The van der Waals surface area contributed by atoms with Gasteiger partial charge >= 0.3 is 0 Å². The van der Waals surface area contributed by atoms with Gasteiger partial charge in [0.2, 0.25) is 0 Å². The highest BCUT2D eigenvalue weighted by Gasteiger charge is 2.13. The lowest BCUT2D eigenvalue weighted by Gasteiger charge is -2.16. The fourth-order valence-electron chi connectivity index (χ4n) is 4.14. The SMILES string of the molecule is C[Si](C)(C)OCCCCCCCCCCCCCCCCCCCCCCO[Si](C)(C)C. The first kappa shape index (κ1) is 32.4. The van der Waals surface area contributed by atoms with Crippen LogP contribution in [0, 0.1) is 0 Å². The fourth-order valence-corrected chi connectivity index (χ4v) is 5.66. The molecule has 0 fully saturated rings. The summed E-state index contributed by atoms with van der Waals surface area (Å²) < 4.78 is 11.8. The van der Waals surface area contributed by atoms with Crippen molar-refractivity contribution in [3.63, 3.8) is 0 Å². The van der Waals surface area contributed by atoms with Gasteiger partial charge in [0.15, 0.2) is 16.6 Å². The van der Waals surface area contributed by atoms with E-state index in [1.807, 2.05) is 0 Å². The van der Waals surface area contributed by atoms with Crippen LogP contribution in [0.5, 0.6) is 0 Å². The van der Waals surface area contributed by atoms with Gasteiger partial charge in [0.1, 0.15) is 0 Å². The van der Waals surface area contributed by atoms with Crippen LogP contribution in [-0.4, -0.2) is 29.8 Å². The molecule has 0 aromatic rings. The van der Waals surface area contributed by atoms with Gasteiger partial charge in [-0.25, -0.2) is 0 Å². The van der Waals surface area contributed by atoms with Crippen molar-refractivity contribution in [2.45, 2.75) is 168 Å². The van der Waals surface area contributed by atoms with Crippen molar-refractivity contribution in [3.8, 4) is 0 Å². The van der Waals surface area contributed by atoms with E-state index < -0.39 is 16.6 Å². The molecule has 0 unspecified atom stereocenters. The Morgan fingerprint density at radius 3 is 0.594 bits per heavy atom. The molecule has 0 radical (unpaired) electrons. The lowest BCUT2D eigenvalue weighted by molar-refractivity contribution is 0.298. The average Bonchev–Trinajstić information content (AvgIpc) is 2.69. The molecule has 32 heavy (non-hydrogen) atoms. The van der Waals surface area contributed by atoms with E-state index in [2.05, 4.69) is 39.3 Å². The van der Waals surface area contributed by atoms with E-state index in [9.17, 15) is 0 Å². The normalized spacial score (nSPS) is 12.6. The maximum atomic E-state index is 5.92. The Labute approximate surface area is 206 Å². The van der Waals surface area contributed by atoms with Crippen LogP contribution in [-0.2, 0) is 8.85 Å². The van der Waals surface area contributed by atoms with Gasteiger partial charge in [0.25, 0.3) is 0 Å². The van der Waals surface area contributed by atoms with E-state index in [0.717, 1.165) is 13.2 Å². The van der Waals surface area contributed by atoms with E-state index in [1.54, 1.807) is 0 Å². The van der Waals surface area contributed by atoms with E-state index >= 15 is 0 Å². The second-order valence-electron chi connectivity index (χ2n) is 12.0. The summed E-state index contributed by atoms with van der Waals surface area (Å²) in [5.74, 6) is 0. The Bertz CT molecular complexity index is 339. The first-order chi connectivity index (χ1) is 15.2. The average molecular weight is 487 g/mol. The van der Waals surface area contributed by atoms with Crippen LogP contribution in [0.15, 0.2) is 0 Å². The molecule has 0 saturated heterocycles. The first-order valence-electron chi connectivity index (χ1n) is 14.5. The Morgan fingerprint density at radius 2 is 0.438 bits per heavy atom. The van der Waals surface area contributed by atoms with Gasteiger partial charge in [-0.15, -0.1) is 0 Å². The Morgan fingerprint density at radius 1 is 0.281 bits per heavy atom. The summed E-state index contributed by atoms with van der Waals surface area (Å²) in [6.07, 6.45) is 28.4. The highest BCUT2D eigenvalue weighted by Crippen LogP contribution is 2.15. The molecule has 194 valence electrons. The van der Waals surface area contributed by atoms with Crippen molar-refractivity contribution in [1.82, 2.24) is 0 Å². The van der Waals surface area contributed by atoms with Crippen molar-refractivity contribution >= 4 is 16.6 Å². The predicted molar refractivity (Wildman–Crippen MR) is 151 cm³/mol. The van der Waals surface area contributed by atoms with Gasteiger partial charge in [-0.3, -0.25) is 0 Å². The van der Waals surface area contributed by atoms with E-state index in [0.29, 0.717) is 0 Å². The second kappa shape index (κ2) is 21.9. The van der Waals surface area contributed by atoms with Crippen molar-refractivity contribution in [2.24, 2.45) is 0 Å². The van der Waals surface area contributed by atoms with Crippen molar-refractivity contribution < 1.29 is 8.85 Å². The molecule has 2 nitrogen and oxygen atoms in total. The zero-order chi connectivity index (χ0) is 24.0. The van der Waals surface area contributed by atoms with E-state index in [1.165, 1.54) is 128 Å². The summed E-state index contributed by atoms with van der Waals surface area (Å²) in [5, 5.41) is 0. The van der Waals surface area contributed by atoms with Crippen LogP contribution in [0.3, 0.4) is 0 Å². The maximum Gasteiger partial charge on any atom is 0.183 e. The van der Waals surface area contributed by atoms with Crippen LogP contribution in [0.4, 0.5) is 0 Å². The standard InChI is InChI=1S/C28H62O2Si2/c1-31(2,3)29-27-25-23-21-19-17-15-13-11-9-7-8-10-12-14-16-18-20-22-24-26-28-30-32(4,5)6/h7-28H2,1-6H3. The third kappa shape index (κ3) is 30.4. The fraction of sp³-hybridized carbons (Fsp3) is 1.00. The van der Waals surface area contributed by atoms with Crippen LogP contribution in [0.2, 0.25) is 39.3 Å². The summed E-state index contributed by atoms with van der Waals surface area (Å²) in [6, 6.07) is 0. The summed E-state index contributed by atoms with van der Waals surface area (Å²) in [7, 11) is -2.56. The number of unbranched alkanes of at least 4 members (excludes halogenated alkanes) is 19. The quantitative estimate of drug-likeness (QED) is 0.0943. The van der Waals surface area contributed by atoms with Crippen LogP contribution in [0.25, 0.3) is 0 Å². The van der Waals surface area contributed by atoms with E-state index in [4.69, 9.17) is 8.85 Å². The van der Waals surface area contributed by atoms with Crippen LogP contribution < -0.4 is 0 Å². The summed E-state index contributed by atoms with van der Waals surface area (Å²) in [5.41, 5.74) is 0. The molecule has 0 atom stereocenters. The molecule has 0 aliphatic carbocycles. The van der Waals surface area contributed by atoms with Gasteiger partial charge in [-0.1, -0.05) is 116 Å². The Balaban J connectivity index is 3.07. The minimum atomic E-state index is -1.28. The molecule has 0 aromatic heterocycles. The summed E-state index contributed by atoms with van der Waals surface area (Å²) >= 11 is 0. The van der Waals surface area contributed by atoms with Crippen molar-refractivity contribution in [3.05, 3.63) is 0 Å². The molecule has 0 aliphatic rings. The van der Waals surface area contributed by atoms with Gasteiger partial charge in [-0.2, -0.15) is 0 Å². The molecule has 0 rings (SSSR count). The highest BCUT2D eigenvalue weighted by atomic mass is 28.4. The molecular formula is C28H62O2Si2. The molecule has 0 amide bonds. The van der Waals surface area contributed by atoms with Crippen molar-refractivity contribution in [1.29, 1.82) is 0 Å². The summed E-state index contributed by atoms with van der Waals surface area (Å²) in [6.45, 7) is 15.7.